The highest BCUT2D eigenvalue weighted by atomic mass is 14.4. The van der Waals surface area contributed by atoms with Crippen LogP contribution in [-0.2, 0) is 0 Å². The number of fused-ring (bicyclic) bond motifs is 4. The van der Waals surface area contributed by atoms with Gasteiger partial charge in [-0.1, -0.05) is 170 Å². The molecule has 0 aliphatic heterocycles. The second-order valence-electron chi connectivity index (χ2n) is 11.6. The first-order valence-corrected chi connectivity index (χ1v) is 15.3. The van der Waals surface area contributed by atoms with E-state index < -0.39 is 0 Å². The quantitative estimate of drug-likeness (QED) is 0.202. The molecular weight excluding hydrogens is 528 g/mol. The molecule has 44 heavy (non-hydrogen) atoms. The average Bonchev–Trinajstić information content (AvgIpc) is 3.58. The second kappa shape index (κ2) is 9.93. The molecule has 0 heterocycles. The third-order valence-corrected chi connectivity index (χ3v) is 9.24. The molecule has 0 aromatic rings. The number of rotatable bonds is 4. The van der Waals surface area contributed by atoms with Crippen LogP contribution in [-0.4, -0.2) is 0 Å². The zero-order valence-electron chi connectivity index (χ0n) is 24.2. The van der Waals surface area contributed by atoms with E-state index in [1.54, 1.807) is 0 Å². The summed E-state index contributed by atoms with van der Waals surface area (Å²) in [6.07, 6.45) is 0. The lowest BCUT2D eigenvalue weighted by atomic mass is 9.68. The molecule has 0 radical (unpaired) electrons. The van der Waals surface area contributed by atoms with Gasteiger partial charge >= 0.3 is 0 Å². The van der Waals surface area contributed by atoms with Crippen LogP contribution in [0.25, 0.3) is 66.8 Å². The minimum Gasteiger partial charge on any atom is -0.0622 e. The monoisotopic (exact) mass is 556 g/mol. The lowest BCUT2D eigenvalue weighted by Crippen LogP contribution is -2.10. The van der Waals surface area contributed by atoms with Gasteiger partial charge in [0, 0.05) is 0 Å². The van der Waals surface area contributed by atoms with Crippen molar-refractivity contribution in [3.05, 3.63) is 192 Å². The first-order valence-electron chi connectivity index (χ1n) is 15.3. The van der Waals surface area contributed by atoms with Crippen LogP contribution < -0.4 is 0 Å². The molecule has 9 aliphatic carbocycles. The van der Waals surface area contributed by atoms with Crippen LogP contribution in [0.1, 0.15) is 22.3 Å². The fraction of sp³-hybridized carbons (Fsp3) is 0. The predicted molar refractivity (Wildman–Crippen MR) is 186 cm³/mol. The summed E-state index contributed by atoms with van der Waals surface area (Å²) in [5.41, 5.74) is 20.6. The molecule has 0 aromatic heterocycles. The van der Waals surface area contributed by atoms with E-state index in [1.165, 1.54) is 89.1 Å². The van der Waals surface area contributed by atoms with Crippen molar-refractivity contribution in [2.45, 2.75) is 0 Å². The zero-order chi connectivity index (χ0) is 29.0. The Labute approximate surface area is 258 Å². The molecule has 0 saturated carbocycles. The van der Waals surface area contributed by atoms with Crippen molar-refractivity contribution in [1.29, 1.82) is 0 Å². The van der Waals surface area contributed by atoms with Crippen molar-refractivity contribution in [1.82, 2.24) is 0 Å². The smallest absolute Gasteiger partial charge is 0.000718 e. The minimum absolute atomic E-state index is 1.26. The van der Waals surface area contributed by atoms with Crippen LogP contribution in [0.2, 0.25) is 0 Å². The Balaban J connectivity index is 1.40. The topological polar surface area (TPSA) is 0 Å². The molecular formula is C44H28. The molecule has 0 unspecified atom stereocenters. The van der Waals surface area contributed by atoms with Crippen LogP contribution in [0, 0.1) is 0 Å². The molecule has 204 valence electrons. The summed E-state index contributed by atoms with van der Waals surface area (Å²) in [7, 11) is 0. The average molecular weight is 557 g/mol. The second-order valence-corrected chi connectivity index (χ2v) is 11.6. The SMILES string of the molecule is c1ccc2ccc(C3=C(c4ccc5cccccc4-5)C(c4ccc5cccccc4-5)=C3c3ccc4cccccc3-4)c-2cc1. The molecule has 0 bridgehead atoms. The zero-order valence-corrected chi connectivity index (χ0v) is 24.2. The Morgan fingerprint density at radius 3 is 0.636 bits per heavy atom. The van der Waals surface area contributed by atoms with Crippen LogP contribution in [0.3, 0.4) is 0 Å². The number of hydrogen-bond acceptors (Lipinski definition) is 0. The van der Waals surface area contributed by atoms with E-state index in [-0.39, 0.29) is 0 Å². The largest absolute Gasteiger partial charge is 0.0622 e. The number of allylic oxidation sites excluding steroid dienone is 4. The van der Waals surface area contributed by atoms with E-state index in [9.17, 15) is 0 Å². The summed E-state index contributed by atoms with van der Waals surface area (Å²) in [5.74, 6) is 0. The molecule has 0 nitrogen and oxygen atoms in total. The van der Waals surface area contributed by atoms with Crippen molar-refractivity contribution in [3.8, 4) is 44.5 Å². The van der Waals surface area contributed by atoms with Gasteiger partial charge in [0.05, 0.1) is 0 Å². The summed E-state index contributed by atoms with van der Waals surface area (Å²) in [5, 5.41) is 0. The van der Waals surface area contributed by atoms with Gasteiger partial charge in [-0.05, 0) is 89.1 Å². The van der Waals surface area contributed by atoms with Crippen molar-refractivity contribution in [2.75, 3.05) is 0 Å². The highest BCUT2D eigenvalue weighted by Gasteiger charge is 2.38. The van der Waals surface area contributed by atoms with Gasteiger partial charge in [-0.3, -0.25) is 0 Å². The fourth-order valence-electron chi connectivity index (χ4n) is 7.25. The van der Waals surface area contributed by atoms with Gasteiger partial charge in [-0.2, -0.15) is 0 Å². The Morgan fingerprint density at radius 2 is 0.386 bits per heavy atom. The van der Waals surface area contributed by atoms with Gasteiger partial charge in [-0.25, -0.2) is 0 Å². The maximum Gasteiger partial charge on any atom is -0.000718 e. The van der Waals surface area contributed by atoms with Crippen LogP contribution in [0.15, 0.2) is 170 Å². The minimum atomic E-state index is 1.26. The normalized spacial score (nSPS) is 13.3. The van der Waals surface area contributed by atoms with Crippen LogP contribution >= 0.6 is 0 Å². The fourth-order valence-corrected chi connectivity index (χ4v) is 7.25. The summed E-state index contributed by atoms with van der Waals surface area (Å²) in [6.45, 7) is 0. The van der Waals surface area contributed by atoms with Crippen molar-refractivity contribution in [3.63, 3.8) is 0 Å². The summed E-state index contributed by atoms with van der Waals surface area (Å²) in [4.78, 5) is 0. The molecule has 9 rings (SSSR count). The van der Waals surface area contributed by atoms with Gasteiger partial charge in [0.15, 0.2) is 0 Å². The lowest BCUT2D eigenvalue weighted by molar-refractivity contribution is 1.60. The third kappa shape index (κ3) is 3.71. The lowest BCUT2D eigenvalue weighted by Gasteiger charge is -2.34. The van der Waals surface area contributed by atoms with Crippen molar-refractivity contribution in [2.24, 2.45) is 0 Å². The highest BCUT2D eigenvalue weighted by Crippen LogP contribution is 2.61. The summed E-state index contributed by atoms with van der Waals surface area (Å²) >= 11 is 0. The molecule has 0 fully saturated rings. The summed E-state index contributed by atoms with van der Waals surface area (Å²) in [6, 6.07) is 62.1. The van der Waals surface area contributed by atoms with Crippen molar-refractivity contribution >= 4 is 22.3 Å². The van der Waals surface area contributed by atoms with Crippen molar-refractivity contribution < 1.29 is 0 Å². The van der Waals surface area contributed by atoms with Gasteiger partial charge in [0.25, 0.3) is 0 Å². The summed E-state index contributed by atoms with van der Waals surface area (Å²) < 4.78 is 0. The first-order chi connectivity index (χ1) is 21.9. The first kappa shape index (κ1) is 24.8. The predicted octanol–water partition coefficient (Wildman–Crippen LogP) is 11.6. The molecule has 0 N–H and O–H groups in total. The highest BCUT2D eigenvalue weighted by molar-refractivity contribution is 6.46. The Hall–Kier alpha value is -5.72. The van der Waals surface area contributed by atoms with E-state index in [4.69, 9.17) is 0 Å². The molecule has 0 heteroatoms. The van der Waals surface area contributed by atoms with Crippen LogP contribution in [0.4, 0.5) is 0 Å². The Morgan fingerprint density at radius 1 is 0.159 bits per heavy atom. The Kier molecular flexibility index (Phi) is 5.61. The molecule has 0 atom stereocenters. The molecule has 0 amide bonds. The van der Waals surface area contributed by atoms with Gasteiger partial charge in [-0.15, -0.1) is 0 Å². The van der Waals surface area contributed by atoms with Gasteiger partial charge in [0.1, 0.15) is 0 Å². The van der Waals surface area contributed by atoms with E-state index in [2.05, 4.69) is 170 Å². The standard InChI is InChI=1S/C44H28/c1-5-13-29-21-25-37(33(29)17-9-1)41-42(38-26-22-30-14-6-2-10-18-34(30)38)44(40-28-24-32-16-8-4-12-20-36(32)40)43(41)39-27-23-31-15-7-3-11-19-35(31)39/h1-28H. The molecule has 0 spiro atoms. The van der Waals surface area contributed by atoms with E-state index in [0.717, 1.165) is 0 Å². The van der Waals surface area contributed by atoms with E-state index >= 15 is 0 Å². The molecule has 9 aliphatic rings. The Bertz CT molecular complexity index is 1940. The number of hydrogen-bond donors (Lipinski definition) is 0. The maximum absolute atomic E-state index is 2.33. The van der Waals surface area contributed by atoms with Crippen LogP contribution in [0.5, 0.6) is 0 Å². The third-order valence-electron chi connectivity index (χ3n) is 9.24. The maximum atomic E-state index is 2.33. The van der Waals surface area contributed by atoms with Gasteiger partial charge in [0.2, 0.25) is 0 Å². The van der Waals surface area contributed by atoms with E-state index in [1.807, 2.05) is 0 Å². The molecule has 0 aromatic carbocycles. The van der Waals surface area contributed by atoms with E-state index in [0.29, 0.717) is 0 Å². The molecule has 0 saturated heterocycles. The van der Waals surface area contributed by atoms with Gasteiger partial charge < -0.3 is 0 Å².